The number of fused-ring (bicyclic) bond motifs is 1. The monoisotopic (exact) mass is 583 g/mol. The van der Waals surface area contributed by atoms with Gasteiger partial charge in [-0.05, 0) is 54.4 Å². The van der Waals surface area contributed by atoms with E-state index in [1.54, 1.807) is 17.0 Å². The molecule has 0 N–H and O–H groups in total. The van der Waals surface area contributed by atoms with Crippen molar-refractivity contribution < 1.29 is 19.3 Å². The second-order valence-electron chi connectivity index (χ2n) is 8.02. The first-order valence-electron chi connectivity index (χ1n) is 10.2. The number of nitro groups is 1. The molecular weight excluding hydrogens is 570 g/mol. The summed E-state index contributed by atoms with van der Waals surface area (Å²) in [6, 6.07) is 14.8. The van der Waals surface area contributed by atoms with Crippen molar-refractivity contribution in [2.75, 3.05) is 4.90 Å². The van der Waals surface area contributed by atoms with Crippen LogP contribution in [0.4, 0.5) is 11.4 Å². The Morgan fingerprint density at radius 3 is 2.29 bits per heavy atom. The number of carbonyl (C=O) groups is 3. The number of aryl methyl sites for hydroxylation is 1. The Morgan fingerprint density at radius 1 is 0.882 bits per heavy atom. The van der Waals surface area contributed by atoms with E-state index < -0.39 is 40.4 Å². The van der Waals surface area contributed by atoms with Crippen molar-refractivity contribution in [3.63, 3.8) is 0 Å². The smallest absolute Gasteiger partial charge is 0.282 e. The van der Waals surface area contributed by atoms with Crippen LogP contribution >= 0.6 is 31.9 Å². The fourth-order valence-electron chi connectivity index (χ4n) is 4.50. The molecule has 0 unspecified atom stereocenters. The average Bonchev–Trinajstić information content (AvgIpc) is 3.05. The Labute approximate surface area is 210 Å². The number of β-lactam (4-membered cyclic amide) rings is 1. The van der Waals surface area contributed by atoms with E-state index in [-0.39, 0.29) is 11.1 Å². The fraction of sp³-hybridized carbons (Fsp3) is 0.125. The molecule has 2 aliphatic rings. The molecule has 3 aromatic rings. The van der Waals surface area contributed by atoms with E-state index in [1.165, 1.54) is 18.2 Å². The fourth-order valence-corrected chi connectivity index (χ4v) is 5.17. The molecule has 2 heterocycles. The van der Waals surface area contributed by atoms with Crippen LogP contribution in [0.1, 0.15) is 37.9 Å². The van der Waals surface area contributed by atoms with E-state index in [2.05, 4.69) is 31.9 Å². The van der Waals surface area contributed by atoms with Gasteiger partial charge >= 0.3 is 0 Å². The zero-order valence-corrected chi connectivity index (χ0v) is 20.7. The standard InChI is InChI=1S/C24H15Br2N3O5/c1-12-10-15(8-9-17(12)26)27-20(13-4-2-5-14(25)11-13)21(24(27)32)28-22(30)16-6-3-7-18(29(33)34)19(16)23(28)31/h2-11,20-21H,1H3/t20-,21-/m1/s1. The first-order chi connectivity index (χ1) is 16.2. The van der Waals surface area contributed by atoms with Crippen molar-refractivity contribution in [1.82, 2.24) is 4.90 Å². The summed E-state index contributed by atoms with van der Waals surface area (Å²) in [5.41, 5.74) is 1.44. The molecule has 0 aliphatic carbocycles. The second kappa shape index (κ2) is 8.14. The van der Waals surface area contributed by atoms with Crippen molar-refractivity contribution >= 4 is 61.0 Å². The largest absolute Gasteiger partial charge is 0.300 e. The lowest BCUT2D eigenvalue weighted by atomic mass is 9.86. The zero-order chi connectivity index (χ0) is 24.3. The summed E-state index contributed by atoms with van der Waals surface area (Å²) in [5, 5.41) is 11.5. The van der Waals surface area contributed by atoms with Gasteiger partial charge in [-0.2, -0.15) is 0 Å². The quantitative estimate of drug-likeness (QED) is 0.182. The molecule has 10 heteroatoms. The number of imide groups is 1. The molecule has 170 valence electrons. The first-order valence-corrected chi connectivity index (χ1v) is 11.8. The van der Waals surface area contributed by atoms with Gasteiger partial charge in [-0.1, -0.05) is 50.1 Å². The maximum atomic E-state index is 13.5. The maximum absolute atomic E-state index is 13.5. The van der Waals surface area contributed by atoms with Gasteiger partial charge in [0.05, 0.1) is 16.5 Å². The number of anilines is 1. The number of benzene rings is 3. The SMILES string of the molecule is Cc1cc(N2C(=O)[C@H](N3C(=O)c4cccc([N+](=O)[O-])c4C3=O)[C@H]2c2cccc(Br)c2)ccc1Br. The summed E-state index contributed by atoms with van der Waals surface area (Å²) in [4.78, 5) is 53.3. The third kappa shape index (κ3) is 3.28. The van der Waals surface area contributed by atoms with Crippen LogP contribution in [0.5, 0.6) is 0 Å². The van der Waals surface area contributed by atoms with Gasteiger partial charge in [-0.3, -0.25) is 29.4 Å². The lowest BCUT2D eigenvalue weighted by Gasteiger charge is -2.49. The molecule has 8 nitrogen and oxygen atoms in total. The minimum Gasteiger partial charge on any atom is -0.300 e. The molecule has 5 rings (SSSR count). The normalized spacial score (nSPS) is 19.3. The van der Waals surface area contributed by atoms with Crippen LogP contribution in [0.2, 0.25) is 0 Å². The number of halogens is 2. The lowest BCUT2D eigenvalue weighted by Crippen LogP contribution is -2.67. The molecule has 3 amide bonds. The van der Waals surface area contributed by atoms with Gasteiger partial charge in [0.15, 0.2) is 0 Å². The Hall–Kier alpha value is -3.37. The van der Waals surface area contributed by atoms with Crippen molar-refractivity contribution in [3.05, 3.63) is 102 Å². The van der Waals surface area contributed by atoms with E-state index in [0.717, 1.165) is 19.4 Å². The van der Waals surface area contributed by atoms with Gasteiger partial charge in [0.1, 0.15) is 11.6 Å². The molecular formula is C24H15Br2N3O5. The van der Waals surface area contributed by atoms with Gasteiger partial charge in [0, 0.05) is 20.7 Å². The highest BCUT2D eigenvalue weighted by molar-refractivity contribution is 9.10. The number of nitro benzene ring substituents is 1. The molecule has 1 saturated heterocycles. The molecule has 0 bridgehead atoms. The Bertz CT molecular complexity index is 1420. The average molecular weight is 585 g/mol. The van der Waals surface area contributed by atoms with Gasteiger partial charge in [-0.25, -0.2) is 0 Å². The Morgan fingerprint density at radius 2 is 1.62 bits per heavy atom. The summed E-state index contributed by atoms with van der Waals surface area (Å²) in [6.45, 7) is 1.90. The molecule has 1 fully saturated rings. The van der Waals surface area contributed by atoms with E-state index in [4.69, 9.17) is 0 Å². The summed E-state index contributed by atoms with van der Waals surface area (Å²) >= 11 is 6.90. The third-order valence-electron chi connectivity index (χ3n) is 6.08. The summed E-state index contributed by atoms with van der Waals surface area (Å²) in [7, 11) is 0. The molecule has 0 radical (unpaired) electrons. The Balaban J connectivity index is 1.62. The van der Waals surface area contributed by atoms with E-state index >= 15 is 0 Å². The summed E-state index contributed by atoms with van der Waals surface area (Å²) < 4.78 is 1.65. The molecule has 0 spiro atoms. The molecule has 34 heavy (non-hydrogen) atoms. The van der Waals surface area contributed by atoms with Crippen LogP contribution in [0.3, 0.4) is 0 Å². The van der Waals surface area contributed by atoms with Crippen LogP contribution in [0.15, 0.2) is 69.6 Å². The van der Waals surface area contributed by atoms with Crippen LogP contribution in [-0.2, 0) is 4.79 Å². The number of carbonyl (C=O) groups excluding carboxylic acids is 3. The number of rotatable bonds is 4. The highest BCUT2D eigenvalue weighted by Crippen LogP contribution is 2.46. The first kappa shape index (κ1) is 22.4. The van der Waals surface area contributed by atoms with Crippen molar-refractivity contribution in [2.45, 2.75) is 19.0 Å². The lowest BCUT2D eigenvalue weighted by molar-refractivity contribution is -0.385. The zero-order valence-electron chi connectivity index (χ0n) is 17.6. The molecule has 0 saturated carbocycles. The van der Waals surface area contributed by atoms with Crippen molar-refractivity contribution in [3.8, 4) is 0 Å². The summed E-state index contributed by atoms with van der Waals surface area (Å²) in [5.74, 6) is -1.99. The molecule has 2 aliphatic heterocycles. The van der Waals surface area contributed by atoms with Crippen molar-refractivity contribution in [2.24, 2.45) is 0 Å². The van der Waals surface area contributed by atoms with Crippen LogP contribution in [0.25, 0.3) is 0 Å². The van der Waals surface area contributed by atoms with E-state index in [1.807, 2.05) is 37.3 Å². The molecule has 2 atom stereocenters. The molecule has 3 aromatic carbocycles. The predicted molar refractivity (Wildman–Crippen MR) is 131 cm³/mol. The minimum absolute atomic E-state index is 0.0714. The van der Waals surface area contributed by atoms with E-state index in [0.29, 0.717) is 11.3 Å². The van der Waals surface area contributed by atoms with Gasteiger partial charge in [0.2, 0.25) is 0 Å². The van der Waals surface area contributed by atoms with Gasteiger partial charge in [0.25, 0.3) is 23.4 Å². The van der Waals surface area contributed by atoms with Crippen LogP contribution in [-0.4, -0.2) is 33.6 Å². The summed E-state index contributed by atoms with van der Waals surface area (Å²) in [6.07, 6.45) is 0. The number of hydrogen-bond acceptors (Lipinski definition) is 5. The molecule has 0 aromatic heterocycles. The van der Waals surface area contributed by atoms with Crippen LogP contribution < -0.4 is 4.90 Å². The Kier molecular flexibility index (Phi) is 5.37. The predicted octanol–water partition coefficient (Wildman–Crippen LogP) is 5.18. The topological polar surface area (TPSA) is 101 Å². The van der Waals surface area contributed by atoms with Gasteiger partial charge < -0.3 is 4.90 Å². The van der Waals surface area contributed by atoms with E-state index in [9.17, 15) is 24.5 Å². The highest BCUT2D eigenvalue weighted by Gasteiger charge is 2.58. The van der Waals surface area contributed by atoms with Gasteiger partial charge in [-0.15, -0.1) is 0 Å². The number of nitrogens with zero attached hydrogens (tertiary/aromatic N) is 3. The maximum Gasteiger partial charge on any atom is 0.282 e. The van der Waals surface area contributed by atoms with Crippen molar-refractivity contribution in [1.29, 1.82) is 0 Å². The van der Waals surface area contributed by atoms with Crippen LogP contribution in [0, 0.1) is 17.0 Å². The number of hydrogen-bond donors (Lipinski definition) is 0. The highest BCUT2D eigenvalue weighted by atomic mass is 79.9. The third-order valence-corrected chi connectivity index (χ3v) is 7.46. The minimum atomic E-state index is -1.13. The second-order valence-corrected chi connectivity index (χ2v) is 9.79. The number of amides is 3.